The molecule has 2 heteroatoms. The van der Waals surface area contributed by atoms with Crippen molar-refractivity contribution in [3.63, 3.8) is 0 Å². The van der Waals surface area contributed by atoms with Crippen LogP contribution in [0.15, 0.2) is 54.6 Å². The lowest BCUT2D eigenvalue weighted by Gasteiger charge is -2.20. The Morgan fingerprint density at radius 2 is 1.46 bits per heavy atom. The van der Waals surface area contributed by atoms with Crippen LogP contribution >= 0.6 is 0 Å². The van der Waals surface area contributed by atoms with Gasteiger partial charge in [0.15, 0.2) is 0 Å². The van der Waals surface area contributed by atoms with Crippen molar-refractivity contribution in [1.82, 2.24) is 5.32 Å². The molecule has 0 unspecified atom stereocenters. The van der Waals surface area contributed by atoms with Crippen LogP contribution in [0.5, 0.6) is 5.75 Å². The van der Waals surface area contributed by atoms with Crippen LogP contribution in [0.25, 0.3) is 11.1 Å². The first-order valence-electron chi connectivity index (χ1n) is 9.08. The smallest absolute Gasteiger partial charge is 0.127 e. The Labute approximate surface area is 147 Å². The van der Waals surface area contributed by atoms with Crippen LogP contribution in [0, 0.1) is 0 Å². The first kappa shape index (κ1) is 18.5. The van der Waals surface area contributed by atoms with Crippen molar-refractivity contribution in [1.29, 1.82) is 0 Å². The molecule has 0 aliphatic rings. The Morgan fingerprint density at radius 1 is 0.792 bits per heavy atom. The molecule has 2 aromatic rings. The fourth-order valence-electron chi connectivity index (χ4n) is 2.67. The fourth-order valence-corrected chi connectivity index (χ4v) is 2.67. The molecule has 130 valence electrons. The minimum atomic E-state index is 0.226. The Kier molecular flexibility index (Phi) is 7.33. The summed E-state index contributed by atoms with van der Waals surface area (Å²) in [5.41, 5.74) is 2.61. The van der Waals surface area contributed by atoms with Crippen molar-refractivity contribution in [3.05, 3.63) is 54.6 Å². The minimum Gasteiger partial charge on any atom is -0.493 e. The van der Waals surface area contributed by atoms with E-state index in [1.807, 2.05) is 12.1 Å². The minimum absolute atomic E-state index is 0.226. The Hall–Kier alpha value is -1.80. The molecule has 0 aromatic heterocycles. The van der Waals surface area contributed by atoms with Crippen molar-refractivity contribution in [2.75, 3.05) is 13.2 Å². The van der Waals surface area contributed by atoms with Gasteiger partial charge in [-0.1, -0.05) is 61.4 Å². The molecule has 1 N–H and O–H groups in total. The van der Waals surface area contributed by atoms with E-state index in [0.29, 0.717) is 0 Å². The number of benzene rings is 2. The van der Waals surface area contributed by atoms with E-state index in [0.717, 1.165) is 25.3 Å². The van der Waals surface area contributed by atoms with Crippen molar-refractivity contribution < 1.29 is 4.74 Å². The Bertz CT molecular complexity index is 586. The standard InChI is InChI=1S/C22H31NO/c1-22(2,3)23-17-11-4-5-12-18-24-21-16-10-9-15-20(21)19-13-7-6-8-14-19/h6-10,13-16,23H,4-5,11-12,17-18H2,1-3H3. The van der Waals surface area contributed by atoms with Crippen molar-refractivity contribution >= 4 is 0 Å². The van der Waals surface area contributed by atoms with Gasteiger partial charge in [0, 0.05) is 11.1 Å². The highest BCUT2D eigenvalue weighted by atomic mass is 16.5. The molecule has 0 aliphatic carbocycles. The number of para-hydroxylation sites is 1. The van der Waals surface area contributed by atoms with Crippen LogP contribution in [0.2, 0.25) is 0 Å². The molecule has 0 amide bonds. The van der Waals surface area contributed by atoms with Gasteiger partial charge in [-0.3, -0.25) is 0 Å². The molecule has 0 bridgehead atoms. The zero-order valence-electron chi connectivity index (χ0n) is 15.3. The van der Waals surface area contributed by atoms with E-state index in [4.69, 9.17) is 4.74 Å². The van der Waals surface area contributed by atoms with Crippen LogP contribution < -0.4 is 10.1 Å². The van der Waals surface area contributed by atoms with Crippen LogP contribution in [0.4, 0.5) is 0 Å². The summed E-state index contributed by atoms with van der Waals surface area (Å²) < 4.78 is 6.04. The zero-order valence-corrected chi connectivity index (χ0v) is 15.3. The second-order valence-electron chi connectivity index (χ2n) is 7.30. The molecular weight excluding hydrogens is 294 g/mol. The van der Waals surface area contributed by atoms with E-state index in [1.54, 1.807) is 0 Å². The number of hydrogen-bond donors (Lipinski definition) is 1. The molecule has 0 saturated carbocycles. The SMILES string of the molecule is CC(C)(C)NCCCCCCOc1ccccc1-c1ccccc1. The van der Waals surface area contributed by atoms with Crippen LogP contribution in [-0.4, -0.2) is 18.7 Å². The highest BCUT2D eigenvalue weighted by Gasteiger charge is 2.07. The summed E-state index contributed by atoms with van der Waals surface area (Å²) in [4.78, 5) is 0. The first-order valence-corrected chi connectivity index (χ1v) is 9.08. The summed E-state index contributed by atoms with van der Waals surface area (Å²) in [6.07, 6.45) is 4.82. The van der Waals surface area contributed by atoms with E-state index >= 15 is 0 Å². The predicted molar refractivity (Wildman–Crippen MR) is 104 cm³/mol. The number of hydrogen-bond acceptors (Lipinski definition) is 2. The van der Waals surface area contributed by atoms with Gasteiger partial charge in [-0.25, -0.2) is 0 Å². The van der Waals surface area contributed by atoms with Crippen molar-refractivity contribution in [2.45, 2.75) is 52.0 Å². The molecule has 0 radical (unpaired) electrons. The Balaban J connectivity index is 1.70. The molecule has 0 heterocycles. The third kappa shape index (κ3) is 6.76. The molecule has 2 aromatic carbocycles. The van der Waals surface area contributed by atoms with Crippen molar-refractivity contribution in [2.24, 2.45) is 0 Å². The van der Waals surface area contributed by atoms with E-state index in [2.05, 4.69) is 68.6 Å². The molecule has 0 atom stereocenters. The number of ether oxygens (including phenoxy) is 1. The summed E-state index contributed by atoms with van der Waals surface area (Å²) in [5.74, 6) is 0.984. The average Bonchev–Trinajstić information content (AvgIpc) is 2.57. The van der Waals surface area contributed by atoms with E-state index in [-0.39, 0.29) is 5.54 Å². The van der Waals surface area contributed by atoms with Gasteiger partial charge in [-0.15, -0.1) is 0 Å². The number of rotatable bonds is 9. The lowest BCUT2D eigenvalue weighted by molar-refractivity contribution is 0.305. The van der Waals surface area contributed by atoms with Gasteiger partial charge in [-0.05, 0) is 51.8 Å². The van der Waals surface area contributed by atoms with Gasteiger partial charge >= 0.3 is 0 Å². The maximum Gasteiger partial charge on any atom is 0.127 e. The van der Waals surface area contributed by atoms with Gasteiger partial charge in [-0.2, -0.15) is 0 Å². The van der Waals surface area contributed by atoms with Crippen LogP contribution in [-0.2, 0) is 0 Å². The second-order valence-corrected chi connectivity index (χ2v) is 7.30. The maximum absolute atomic E-state index is 6.04. The summed E-state index contributed by atoms with van der Waals surface area (Å²) in [5, 5.41) is 3.53. The van der Waals surface area contributed by atoms with E-state index in [1.165, 1.54) is 30.4 Å². The summed E-state index contributed by atoms with van der Waals surface area (Å²) in [6.45, 7) is 8.53. The molecule has 0 aliphatic heterocycles. The number of nitrogens with one attached hydrogen (secondary N) is 1. The van der Waals surface area contributed by atoms with Gasteiger partial charge < -0.3 is 10.1 Å². The monoisotopic (exact) mass is 325 g/mol. The summed E-state index contributed by atoms with van der Waals surface area (Å²) in [7, 11) is 0. The molecule has 0 fully saturated rings. The molecular formula is C22H31NO. The van der Waals surface area contributed by atoms with Gasteiger partial charge in [0.2, 0.25) is 0 Å². The summed E-state index contributed by atoms with van der Waals surface area (Å²) in [6, 6.07) is 18.7. The lowest BCUT2D eigenvalue weighted by atomic mass is 10.1. The maximum atomic E-state index is 6.04. The van der Waals surface area contributed by atoms with Gasteiger partial charge in [0.05, 0.1) is 6.61 Å². The van der Waals surface area contributed by atoms with Gasteiger partial charge in [0.1, 0.15) is 5.75 Å². The predicted octanol–water partition coefficient (Wildman–Crippen LogP) is 5.68. The third-order valence-electron chi connectivity index (χ3n) is 3.96. The normalized spacial score (nSPS) is 11.5. The zero-order chi connectivity index (χ0) is 17.3. The van der Waals surface area contributed by atoms with E-state index in [9.17, 15) is 0 Å². The highest BCUT2D eigenvalue weighted by molar-refractivity contribution is 5.70. The molecule has 24 heavy (non-hydrogen) atoms. The average molecular weight is 325 g/mol. The molecule has 0 saturated heterocycles. The molecule has 0 spiro atoms. The first-order chi connectivity index (χ1) is 11.6. The summed E-state index contributed by atoms with van der Waals surface area (Å²) >= 11 is 0. The molecule has 2 rings (SSSR count). The quantitative estimate of drug-likeness (QED) is 0.599. The fraction of sp³-hybridized carbons (Fsp3) is 0.455. The van der Waals surface area contributed by atoms with Crippen molar-refractivity contribution in [3.8, 4) is 16.9 Å². The van der Waals surface area contributed by atoms with Gasteiger partial charge in [0.25, 0.3) is 0 Å². The van der Waals surface area contributed by atoms with Crippen LogP contribution in [0.1, 0.15) is 46.5 Å². The third-order valence-corrected chi connectivity index (χ3v) is 3.96. The number of unbranched alkanes of at least 4 members (excludes halogenated alkanes) is 3. The topological polar surface area (TPSA) is 21.3 Å². The Morgan fingerprint density at radius 3 is 2.21 bits per heavy atom. The largest absolute Gasteiger partial charge is 0.493 e. The van der Waals surface area contributed by atoms with E-state index < -0.39 is 0 Å². The molecule has 2 nitrogen and oxygen atoms in total. The lowest BCUT2D eigenvalue weighted by Crippen LogP contribution is -2.36. The second kappa shape index (κ2) is 9.48. The van der Waals surface area contributed by atoms with Crippen LogP contribution in [0.3, 0.4) is 0 Å². The highest BCUT2D eigenvalue weighted by Crippen LogP contribution is 2.29.